The fourth-order valence-electron chi connectivity index (χ4n) is 0.937. The average Bonchev–Trinajstić information content (AvgIpc) is 2.16. The van der Waals surface area contributed by atoms with Crippen molar-refractivity contribution in [1.29, 1.82) is 0 Å². The smallest absolute Gasteiger partial charge is 0.238 e. The number of nitrogens with one attached hydrogen (secondary N) is 2. The van der Waals surface area contributed by atoms with E-state index in [2.05, 4.69) is 15.6 Å². The van der Waals surface area contributed by atoms with Gasteiger partial charge in [0.1, 0.15) is 0 Å². The van der Waals surface area contributed by atoms with Crippen LogP contribution in [0.3, 0.4) is 0 Å². The minimum atomic E-state index is -0.0371. The average molecular weight is 193 g/mol. The summed E-state index contributed by atoms with van der Waals surface area (Å²) in [4.78, 5) is 15.2. The summed E-state index contributed by atoms with van der Waals surface area (Å²) in [6.45, 7) is 4.33. The maximum absolute atomic E-state index is 11.3. The van der Waals surface area contributed by atoms with E-state index in [-0.39, 0.29) is 5.91 Å². The Bertz CT molecular complexity index is 285. The molecule has 4 heteroatoms. The van der Waals surface area contributed by atoms with Gasteiger partial charge in [-0.15, -0.1) is 0 Å². The van der Waals surface area contributed by atoms with Crippen molar-refractivity contribution in [1.82, 2.24) is 10.3 Å². The first-order chi connectivity index (χ1) is 6.68. The fraction of sp³-hybridized carbons (Fsp3) is 0.400. The summed E-state index contributed by atoms with van der Waals surface area (Å²) >= 11 is 0. The molecule has 0 aromatic carbocycles. The molecule has 14 heavy (non-hydrogen) atoms. The number of rotatable bonds is 4. The minimum Gasteiger partial charge on any atom is -0.325 e. The molecule has 0 radical (unpaired) electrons. The van der Waals surface area contributed by atoms with Gasteiger partial charge >= 0.3 is 0 Å². The Hall–Kier alpha value is -1.42. The van der Waals surface area contributed by atoms with E-state index in [0.717, 1.165) is 5.69 Å². The summed E-state index contributed by atoms with van der Waals surface area (Å²) in [6, 6.07) is 3.83. The zero-order chi connectivity index (χ0) is 10.4. The molecular formula is C10H15N3O. The molecule has 76 valence electrons. The molecule has 1 heterocycles. The molecule has 0 atom stereocenters. The van der Waals surface area contributed by atoms with Gasteiger partial charge in [-0.05, 0) is 12.1 Å². The number of hydrogen-bond acceptors (Lipinski definition) is 3. The van der Waals surface area contributed by atoms with E-state index in [1.165, 1.54) is 0 Å². The number of amides is 1. The lowest BCUT2D eigenvalue weighted by Gasteiger charge is -2.08. The molecule has 1 amide bonds. The number of hydrogen-bond donors (Lipinski definition) is 2. The highest BCUT2D eigenvalue weighted by Crippen LogP contribution is 2.01. The number of carbonyl (C=O) groups is 1. The molecule has 1 aromatic heterocycles. The van der Waals surface area contributed by atoms with Gasteiger partial charge in [0, 0.05) is 24.1 Å². The number of pyridine rings is 1. The highest BCUT2D eigenvalue weighted by Gasteiger charge is 2.01. The van der Waals surface area contributed by atoms with Crippen molar-refractivity contribution < 1.29 is 4.79 Å². The van der Waals surface area contributed by atoms with Crippen molar-refractivity contribution in [2.24, 2.45) is 0 Å². The van der Waals surface area contributed by atoms with Crippen molar-refractivity contribution >= 4 is 11.6 Å². The van der Waals surface area contributed by atoms with Crippen LogP contribution in [0.15, 0.2) is 24.5 Å². The summed E-state index contributed by atoms with van der Waals surface area (Å²) in [5.74, 6) is -0.0371. The summed E-state index contributed by atoms with van der Waals surface area (Å²) in [7, 11) is 0. The van der Waals surface area contributed by atoms with Gasteiger partial charge in [0.05, 0.1) is 6.54 Å². The molecule has 0 saturated heterocycles. The van der Waals surface area contributed by atoms with E-state index in [0.29, 0.717) is 12.6 Å². The van der Waals surface area contributed by atoms with Gasteiger partial charge in [-0.25, -0.2) is 0 Å². The summed E-state index contributed by atoms with van der Waals surface area (Å²) in [6.07, 6.45) is 3.29. The Morgan fingerprint density at radius 1 is 1.43 bits per heavy atom. The van der Waals surface area contributed by atoms with Gasteiger partial charge in [0.25, 0.3) is 0 Å². The third-order valence-electron chi connectivity index (χ3n) is 1.63. The standard InChI is InChI=1S/C10H15N3O/c1-8(2)12-7-10(14)13-9-3-5-11-6-4-9/h3-6,8,12H,7H2,1-2H3,(H,11,13,14). The Morgan fingerprint density at radius 3 is 2.64 bits per heavy atom. The topological polar surface area (TPSA) is 54.0 Å². The predicted octanol–water partition coefficient (Wildman–Crippen LogP) is 1.02. The molecule has 0 aliphatic rings. The van der Waals surface area contributed by atoms with Crippen molar-refractivity contribution in [3.8, 4) is 0 Å². The molecule has 2 N–H and O–H groups in total. The monoisotopic (exact) mass is 193 g/mol. The van der Waals surface area contributed by atoms with Gasteiger partial charge in [-0.1, -0.05) is 13.8 Å². The Morgan fingerprint density at radius 2 is 2.07 bits per heavy atom. The Labute approximate surface area is 83.7 Å². The summed E-state index contributed by atoms with van der Waals surface area (Å²) in [5, 5.41) is 5.79. The Kier molecular flexibility index (Phi) is 4.07. The number of aromatic nitrogens is 1. The van der Waals surface area contributed by atoms with Crippen molar-refractivity contribution in [3.63, 3.8) is 0 Å². The second-order valence-electron chi connectivity index (χ2n) is 3.32. The molecule has 0 saturated carbocycles. The van der Waals surface area contributed by atoms with Crippen LogP contribution >= 0.6 is 0 Å². The molecule has 0 spiro atoms. The van der Waals surface area contributed by atoms with E-state index in [9.17, 15) is 4.79 Å². The lowest BCUT2D eigenvalue weighted by molar-refractivity contribution is -0.115. The van der Waals surface area contributed by atoms with Gasteiger partial charge < -0.3 is 10.6 Å². The van der Waals surface area contributed by atoms with E-state index >= 15 is 0 Å². The molecular weight excluding hydrogens is 178 g/mol. The van der Waals surface area contributed by atoms with Crippen LogP contribution in [0.4, 0.5) is 5.69 Å². The van der Waals surface area contributed by atoms with Crippen LogP contribution < -0.4 is 10.6 Å². The van der Waals surface area contributed by atoms with Crippen LogP contribution in [-0.2, 0) is 4.79 Å². The number of anilines is 1. The first kappa shape index (κ1) is 10.7. The third kappa shape index (κ3) is 4.00. The lowest BCUT2D eigenvalue weighted by Crippen LogP contribution is -2.32. The van der Waals surface area contributed by atoms with Gasteiger partial charge in [-0.2, -0.15) is 0 Å². The van der Waals surface area contributed by atoms with E-state index in [1.54, 1.807) is 24.5 Å². The van der Waals surface area contributed by atoms with Crippen molar-refractivity contribution in [3.05, 3.63) is 24.5 Å². The zero-order valence-electron chi connectivity index (χ0n) is 8.45. The molecule has 0 aliphatic heterocycles. The quantitative estimate of drug-likeness (QED) is 0.750. The SMILES string of the molecule is CC(C)NCC(=O)Nc1ccncc1. The summed E-state index contributed by atoms with van der Waals surface area (Å²) in [5.41, 5.74) is 0.774. The molecule has 0 bridgehead atoms. The number of nitrogens with zero attached hydrogens (tertiary/aromatic N) is 1. The maximum Gasteiger partial charge on any atom is 0.238 e. The third-order valence-corrected chi connectivity index (χ3v) is 1.63. The van der Waals surface area contributed by atoms with Gasteiger partial charge in [-0.3, -0.25) is 9.78 Å². The summed E-state index contributed by atoms with van der Waals surface area (Å²) < 4.78 is 0. The first-order valence-electron chi connectivity index (χ1n) is 4.62. The van der Waals surface area contributed by atoms with Gasteiger partial charge in [0.2, 0.25) is 5.91 Å². The molecule has 1 aromatic rings. The van der Waals surface area contributed by atoms with E-state index in [1.807, 2.05) is 13.8 Å². The van der Waals surface area contributed by atoms with Crippen LogP contribution in [0, 0.1) is 0 Å². The van der Waals surface area contributed by atoms with Crippen LogP contribution in [0.25, 0.3) is 0 Å². The largest absolute Gasteiger partial charge is 0.325 e. The minimum absolute atomic E-state index is 0.0371. The Balaban J connectivity index is 2.35. The van der Waals surface area contributed by atoms with E-state index in [4.69, 9.17) is 0 Å². The molecule has 0 fully saturated rings. The van der Waals surface area contributed by atoms with Crippen molar-refractivity contribution in [2.75, 3.05) is 11.9 Å². The first-order valence-corrected chi connectivity index (χ1v) is 4.62. The molecule has 1 rings (SSSR count). The molecule has 0 unspecified atom stereocenters. The lowest BCUT2D eigenvalue weighted by atomic mass is 10.3. The van der Waals surface area contributed by atoms with Crippen LogP contribution in [0.1, 0.15) is 13.8 Å². The van der Waals surface area contributed by atoms with E-state index < -0.39 is 0 Å². The molecule has 4 nitrogen and oxygen atoms in total. The highest BCUT2D eigenvalue weighted by atomic mass is 16.1. The van der Waals surface area contributed by atoms with Crippen LogP contribution in [0.5, 0.6) is 0 Å². The van der Waals surface area contributed by atoms with Crippen LogP contribution in [-0.4, -0.2) is 23.5 Å². The normalized spacial score (nSPS) is 10.2. The second-order valence-corrected chi connectivity index (χ2v) is 3.32. The fourth-order valence-corrected chi connectivity index (χ4v) is 0.937. The zero-order valence-corrected chi connectivity index (χ0v) is 8.45. The second kappa shape index (κ2) is 5.34. The number of carbonyl (C=O) groups excluding carboxylic acids is 1. The highest BCUT2D eigenvalue weighted by molar-refractivity contribution is 5.92. The van der Waals surface area contributed by atoms with Crippen LogP contribution in [0.2, 0.25) is 0 Å². The van der Waals surface area contributed by atoms with Crippen molar-refractivity contribution in [2.45, 2.75) is 19.9 Å². The molecule has 0 aliphatic carbocycles. The predicted molar refractivity (Wildman–Crippen MR) is 56.0 cm³/mol. The van der Waals surface area contributed by atoms with Gasteiger partial charge in [0.15, 0.2) is 0 Å². The maximum atomic E-state index is 11.3.